The fraction of sp³-hybridized carbons (Fsp3) is 0.400. The summed E-state index contributed by atoms with van der Waals surface area (Å²) in [5.41, 5.74) is 4.68. The first-order valence-corrected chi connectivity index (χ1v) is 4.79. The highest BCUT2D eigenvalue weighted by molar-refractivity contribution is 5.55. The van der Waals surface area contributed by atoms with E-state index in [9.17, 15) is 14.5 Å². The number of nitrogens with two attached hydrogens (primary N) is 1. The molecule has 6 nitrogen and oxygen atoms in total. The molecule has 0 saturated heterocycles. The van der Waals surface area contributed by atoms with Crippen molar-refractivity contribution >= 4 is 5.69 Å². The lowest BCUT2D eigenvalue weighted by Crippen LogP contribution is -2.10. The average molecular weight is 244 g/mol. The number of rotatable bonds is 5. The second-order valence-electron chi connectivity index (χ2n) is 3.23. The van der Waals surface area contributed by atoms with E-state index < -0.39 is 11.1 Å². The number of nitro groups is 1. The highest BCUT2D eigenvalue weighted by Gasteiger charge is 2.24. The van der Waals surface area contributed by atoms with Gasteiger partial charge in [0.05, 0.1) is 30.8 Å². The Bertz CT molecular complexity index is 425. The molecule has 94 valence electrons. The summed E-state index contributed by atoms with van der Waals surface area (Å²) in [4.78, 5) is 10.1. The zero-order valence-electron chi connectivity index (χ0n) is 9.47. The molecule has 0 spiro atoms. The smallest absolute Gasteiger partial charge is 0.279 e. The number of halogens is 1. The summed E-state index contributed by atoms with van der Waals surface area (Å²) in [5, 5.41) is 10.8. The Hall–Kier alpha value is -1.89. The molecule has 0 amide bonds. The lowest BCUT2D eigenvalue weighted by molar-refractivity contribution is -0.386. The predicted octanol–water partition coefficient (Wildman–Crippen LogP) is 1.58. The van der Waals surface area contributed by atoms with Crippen molar-refractivity contribution in [1.82, 2.24) is 0 Å². The molecule has 0 heterocycles. The number of methoxy groups -OCH3 is 2. The molecule has 1 unspecified atom stereocenters. The third-order valence-electron chi connectivity index (χ3n) is 2.27. The van der Waals surface area contributed by atoms with Crippen molar-refractivity contribution in [2.24, 2.45) is 5.73 Å². The monoisotopic (exact) mass is 244 g/mol. The number of ether oxygens (including phenoxy) is 2. The van der Waals surface area contributed by atoms with Crippen LogP contribution < -0.4 is 15.2 Å². The molecule has 0 saturated carbocycles. The van der Waals surface area contributed by atoms with Gasteiger partial charge in [0.15, 0.2) is 11.5 Å². The molecule has 1 aromatic carbocycles. The van der Waals surface area contributed by atoms with Gasteiger partial charge in [0.25, 0.3) is 5.69 Å². The first-order chi connectivity index (χ1) is 8.04. The van der Waals surface area contributed by atoms with Crippen LogP contribution in [0.15, 0.2) is 12.1 Å². The van der Waals surface area contributed by atoms with E-state index in [2.05, 4.69) is 0 Å². The lowest BCUT2D eigenvalue weighted by Gasteiger charge is -2.12. The van der Waals surface area contributed by atoms with Crippen LogP contribution in [-0.4, -0.2) is 25.7 Å². The van der Waals surface area contributed by atoms with Gasteiger partial charge < -0.3 is 15.2 Å². The maximum atomic E-state index is 13.5. The van der Waals surface area contributed by atoms with Crippen LogP contribution >= 0.6 is 0 Å². The Balaban J connectivity index is 3.40. The molecule has 0 radical (unpaired) electrons. The number of benzene rings is 1. The summed E-state index contributed by atoms with van der Waals surface area (Å²) >= 11 is 0. The van der Waals surface area contributed by atoms with Gasteiger partial charge in [0.1, 0.15) is 6.17 Å². The fourth-order valence-electron chi connectivity index (χ4n) is 1.42. The summed E-state index contributed by atoms with van der Waals surface area (Å²) in [6.07, 6.45) is -1.62. The first-order valence-electron chi connectivity index (χ1n) is 4.79. The first kappa shape index (κ1) is 13.2. The molecule has 7 heteroatoms. The van der Waals surface area contributed by atoms with E-state index in [0.29, 0.717) is 0 Å². The minimum Gasteiger partial charge on any atom is -0.493 e. The van der Waals surface area contributed by atoms with Gasteiger partial charge in [-0.2, -0.15) is 0 Å². The Kier molecular flexibility index (Phi) is 4.22. The summed E-state index contributed by atoms with van der Waals surface area (Å²) in [6.45, 7) is -0.337. The second-order valence-corrected chi connectivity index (χ2v) is 3.23. The van der Waals surface area contributed by atoms with Crippen molar-refractivity contribution < 1.29 is 18.8 Å². The van der Waals surface area contributed by atoms with Crippen molar-refractivity contribution in [1.29, 1.82) is 0 Å². The molecular weight excluding hydrogens is 231 g/mol. The van der Waals surface area contributed by atoms with Crippen LogP contribution in [0.5, 0.6) is 11.5 Å². The Morgan fingerprint density at radius 3 is 2.35 bits per heavy atom. The van der Waals surface area contributed by atoms with Crippen molar-refractivity contribution in [3.63, 3.8) is 0 Å². The minimum absolute atomic E-state index is 0.116. The van der Waals surface area contributed by atoms with Crippen LogP contribution in [0.2, 0.25) is 0 Å². The third kappa shape index (κ3) is 2.62. The number of alkyl halides is 1. The van der Waals surface area contributed by atoms with Crippen molar-refractivity contribution in [3.05, 3.63) is 27.8 Å². The molecule has 0 aliphatic heterocycles. The van der Waals surface area contributed by atoms with Crippen LogP contribution in [0.3, 0.4) is 0 Å². The van der Waals surface area contributed by atoms with Gasteiger partial charge in [0.2, 0.25) is 0 Å². The zero-order valence-corrected chi connectivity index (χ0v) is 9.47. The lowest BCUT2D eigenvalue weighted by atomic mass is 10.1. The summed E-state index contributed by atoms with van der Waals surface area (Å²) in [5.74, 6) is 0.399. The molecule has 0 bridgehead atoms. The molecule has 1 atom stereocenters. The normalized spacial score (nSPS) is 12.0. The topological polar surface area (TPSA) is 87.6 Å². The van der Waals surface area contributed by atoms with Gasteiger partial charge in [-0.3, -0.25) is 10.1 Å². The molecule has 17 heavy (non-hydrogen) atoms. The third-order valence-corrected chi connectivity index (χ3v) is 2.27. The maximum absolute atomic E-state index is 13.5. The van der Waals surface area contributed by atoms with Crippen LogP contribution in [0.25, 0.3) is 0 Å². The van der Waals surface area contributed by atoms with E-state index in [-0.39, 0.29) is 29.3 Å². The maximum Gasteiger partial charge on any atom is 0.279 e. The summed E-state index contributed by atoms with van der Waals surface area (Å²) in [6, 6.07) is 2.35. The summed E-state index contributed by atoms with van der Waals surface area (Å²) in [7, 11) is 2.71. The van der Waals surface area contributed by atoms with Crippen LogP contribution in [-0.2, 0) is 0 Å². The SMILES string of the molecule is COc1cc(C(F)CN)c([N+](=O)[O-])cc1OC. The second kappa shape index (κ2) is 5.44. The van der Waals surface area contributed by atoms with E-state index in [1.54, 1.807) is 0 Å². The van der Waals surface area contributed by atoms with Gasteiger partial charge in [-0.1, -0.05) is 0 Å². The van der Waals surface area contributed by atoms with Crippen molar-refractivity contribution in [2.45, 2.75) is 6.17 Å². The number of nitro benzene ring substituents is 1. The predicted molar refractivity (Wildman–Crippen MR) is 59.1 cm³/mol. The number of nitrogens with zero attached hydrogens (tertiary/aromatic N) is 1. The average Bonchev–Trinajstić information content (AvgIpc) is 2.35. The van der Waals surface area contributed by atoms with Crippen LogP contribution in [0.4, 0.5) is 10.1 Å². The highest BCUT2D eigenvalue weighted by atomic mass is 19.1. The van der Waals surface area contributed by atoms with Gasteiger partial charge in [-0.05, 0) is 6.07 Å². The van der Waals surface area contributed by atoms with E-state index in [1.165, 1.54) is 20.3 Å². The molecule has 1 aromatic rings. The molecule has 0 aliphatic rings. The molecular formula is C10H13FN2O4. The molecule has 0 aromatic heterocycles. The number of hydrogen-bond acceptors (Lipinski definition) is 5. The van der Waals surface area contributed by atoms with Crippen molar-refractivity contribution in [3.8, 4) is 11.5 Å². The standard InChI is InChI=1S/C10H13FN2O4/c1-16-9-3-6(7(11)5-12)8(13(14)15)4-10(9)17-2/h3-4,7H,5,12H2,1-2H3. The largest absolute Gasteiger partial charge is 0.493 e. The van der Waals surface area contributed by atoms with Crippen molar-refractivity contribution in [2.75, 3.05) is 20.8 Å². The molecule has 2 N–H and O–H groups in total. The van der Waals surface area contributed by atoms with E-state index in [1.807, 2.05) is 0 Å². The highest BCUT2D eigenvalue weighted by Crippen LogP contribution is 2.37. The molecule has 0 aliphatic carbocycles. The minimum atomic E-state index is -1.62. The van der Waals surface area contributed by atoms with E-state index >= 15 is 0 Å². The van der Waals surface area contributed by atoms with E-state index in [4.69, 9.17) is 15.2 Å². The van der Waals surface area contributed by atoms with Gasteiger partial charge >= 0.3 is 0 Å². The number of hydrogen-bond donors (Lipinski definition) is 1. The van der Waals surface area contributed by atoms with Crippen LogP contribution in [0, 0.1) is 10.1 Å². The molecule has 0 fully saturated rings. The quantitative estimate of drug-likeness (QED) is 0.627. The van der Waals surface area contributed by atoms with Gasteiger partial charge in [0, 0.05) is 6.54 Å². The summed E-state index contributed by atoms with van der Waals surface area (Å²) < 4.78 is 23.4. The Labute approximate surface area is 97.3 Å². The van der Waals surface area contributed by atoms with E-state index in [0.717, 1.165) is 6.07 Å². The van der Waals surface area contributed by atoms with Gasteiger partial charge in [-0.15, -0.1) is 0 Å². The Morgan fingerprint density at radius 1 is 1.41 bits per heavy atom. The van der Waals surface area contributed by atoms with Crippen LogP contribution in [0.1, 0.15) is 11.7 Å². The Morgan fingerprint density at radius 2 is 1.94 bits per heavy atom. The fourth-order valence-corrected chi connectivity index (χ4v) is 1.42. The van der Waals surface area contributed by atoms with Gasteiger partial charge in [-0.25, -0.2) is 4.39 Å². The molecule has 1 rings (SSSR count). The zero-order chi connectivity index (χ0) is 13.0.